The van der Waals surface area contributed by atoms with Gasteiger partial charge in [0.2, 0.25) is 5.91 Å². The molecule has 1 amide bonds. The van der Waals surface area contributed by atoms with Crippen LogP contribution in [0.15, 0.2) is 0 Å². The lowest BCUT2D eigenvalue weighted by molar-refractivity contribution is -0.137. The van der Waals surface area contributed by atoms with Crippen LogP contribution in [0.4, 0.5) is 0 Å². The molecule has 14 heavy (non-hydrogen) atoms. The average molecular weight is 200 g/mol. The summed E-state index contributed by atoms with van der Waals surface area (Å²) in [6.45, 7) is 10.8. The van der Waals surface area contributed by atoms with Crippen molar-refractivity contribution in [3.05, 3.63) is 0 Å². The number of nitrogens with two attached hydrogens (primary N) is 1. The van der Waals surface area contributed by atoms with Gasteiger partial charge in [0.15, 0.2) is 0 Å². The summed E-state index contributed by atoms with van der Waals surface area (Å²) in [7, 11) is 1.85. The number of amides is 1. The van der Waals surface area contributed by atoms with E-state index < -0.39 is 0 Å². The monoisotopic (exact) mass is 200 g/mol. The van der Waals surface area contributed by atoms with Gasteiger partial charge in [0.25, 0.3) is 0 Å². The zero-order valence-electron chi connectivity index (χ0n) is 10.3. The highest BCUT2D eigenvalue weighted by atomic mass is 16.2. The van der Waals surface area contributed by atoms with Gasteiger partial charge < -0.3 is 10.6 Å². The summed E-state index contributed by atoms with van der Waals surface area (Å²) in [5.41, 5.74) is 5.58. The first-order valence-electron chi connectivity index (χ1n) is 5.18. The highest BCUT2D eigenvalue weighted by molar-refractivity contribution is 5.78. The Morgan fingerprint density at radius 1 is 1.36 bits per heavy atom. The van der Waals surface area contributed by atoms with E-state index in [1.54, 1.807) is 4.90 Å². The molecule has 0 aromatic rings. The van der Waals surface area contributed by atoms with E-state index in [-0.39, 0.29) is 23.3 Å². The molecule has 3 nitrogen and oxygen atoms in total. The summed E-state index contributed by atoms with van der Waals surface area (Å²) >= 11 is 0. The SMILES string of the molecule is CC(CN)C(=O)N(C)C(C)C(C)(C)C. The second kappa shape index (κ2) is 4.78. The van der Waals surface area contributed by atoms with Crippen molar-refractivity contribution in [1.29, 1.82) is 0 Å². The van der Waals surface area contributed by atoms with E-state index in [4.69, 9.17) is 5.73 Å². The molecule has 0 aliphatic rings. The Hall–Kier alpha value is -0.570. The second-order valence-corrected chi connectivity index (χ2v) is 5.13. The van der Waals surface area contributed by atoms with Gasteiger partial charge in [-0.2, -0.15) is 0 Å². The van der Waals surface area contributed by atoms with E-state index in [1.165, 1.54) is 0 Å². The summed E-state index contributed by atoms with van der Waals surface area (Å²) in [6, 6.07) is 0.226. The molecule has 0 fully saturated rings. The summed E-state index contributed by atoms with van der Waals surface area (Å²) in [6.07, 6.45) is 0. The van der Waals surface area contributed by atoms with Gasteiger partial charge in [0.1, 0.15) is 0 Å². The van der Waals surface area contributed by atoms with Crippen LogP contribution in [0.5, 0.6) is 0 Å². The molecule has 3 heteroatoms. The summed E-state index contributed by atoms with van der Waals surface area (Å²) in [5.74, 6) is 0.0553. The van der Waals surface area contributed by atoms with E-state index in [9.17, 15) is 4.79 Å². The molecule has 0 bridgehead atoms. The van der Waals surface area contributed by atoms with E-state index in [2.05, 4.69) is 27.7 Å². The summed E-state index contributed by atoms with van der Waals surface area (Å²) in [4.78, 5) is 13.6. The van der Waals surface area contributed by atoms with Crippen LogP contribution in [0.3, 0.4) is 0 Å². The third-order valence-corrected chi connectivity index (χ3v) is 2.96. The van der Waals surface area contributed by atoms with Crippen molar-refractivity contribution < 1.29 is 4.79 Å². The summed E-state index contributed by atoms with van der Waals surface area (Å²) in [5, 5.41) is 0. The molecule has 84 valence electrons. The van der Waals surface area contributed by atoms with Crippen molar-refractivity contribution in [3.63, 3.8) is 0 Å². The number of hydrogen-bond acceptors (Lipinski definition) is 2. The maximum atomic E-state index is 11.8. The fourth-order valence-electron chi connectivity index (χ4n) is 1.22. The molecule has 0 rings (SSSR count). The lowest BCUT2D eigenvalue weighted by Gasteiger charge is -2.36. The van der Waals surface area contributed by atoms with Crippen molar-refractivity contribution in [2.75, 3.05) is 13.6 Å². The molecule has 0 saturated carbocycles. The van der Waals surface area contributed by atoms with Gasteiger partial charge >= 0.3 is 0 Å². The van der Waals surface area contributed by atoms with Crippen LogP contribution in [0.25, 0.3) is 0 Å². The fourth-order valence-corrected chi connectivity index (χ4v) is 1.22. The predicted octanol–water partition coefficient (Wildman–Crippen LogP) is 1.47. The Morgan fingerprint density at radius 3 is 2.07 bits per heavy atom. The molecule has 0 spiro atoms. The van der Waals surface area contributed by atoms with E-state index in [0.29, 0.717) is 6.54 Å². The molecule has 2 N–H and O–H groups in total. The molecule has 0 heterocycles. The maximum Gasteiger partial charge on any atom is 0.226 e. The zero-order chi connectivity index (χ0) is 11.5. The minimum atomic E-state index is -0.0789. The number of rotatable bonds is 3. The highest BCUT2D eigenvalue weighted by Crippen LogP contribution is 2.23. The molecular formula is C11H24N2O. The van der Waals surface area contributed by atoms with Gasteiger partial charge in [-0.15, -0.1) is 0 Å². The Bertz CT molecular complexity index is 196. The first-order chi connectivity index (χ1) is 6.21. The maximum absolute atomic E-state index is 11.8. The molecule has 0 aromatic heterocycles. The predicted molar refractivity (Wildman–Crippen MR) is 59.9 cm³/mol. The Balaban J connectivity index is 4.47. The quantitative estimate of drug-likeness (QED) is 0.750. The molecule has 0 saturated heterocycles. The largest absolute Gasteiger partial charge is 0.342 e. The van der Waals surface area contributed by atoms with Crippen LogP contribution < -0.4 is 5.73 Å². The lowest BCUT2D eigenvalue weighted by Crippen LogP contribution is -2.46. The van der Waals surface area contributed by atoms with Crippen LogP contribution in [-0.2, 0) is 4.79 Å². The lowest BCUT2D eigenvalue weighted by atomic mass is 9.86. The van der Waals surface area contributed by atoms with Crippen molar-refractivity contribution in [2.24, 2.45) is 17.1 Å². The van der Waals surface area contributed by atoms with Crippen LogP contribution in [0.2, 0.25) is 0 Å². The Labute approximate surface area is 87.6 Å². The fraction of sp³-hybridized carbons (Fsp3) is 0.909. The first-order valence-corrected chi connectivity index (χ1v) is 5.18. The molecule has 0 aliphatic heterocycles. The van der Waals surface area contributed by atoms with Gasteiger partial charge in [0, 0.05) is 25.6 Å². The van der Waals surface area contributed by atoms with Gasteiger partial charge in [-0.1, -0.05) is 27.7 Å². The zero-order valence-corrected chi connectivity index (χ0v) is 10.3. The van der Waals surface area contributed by atoms with Crippen LogP contribution >= 0.6 is 0 Å². The van der Waals surface area contributed by atoms with Crippen molar-refractivity contribution in [3.8, 4) is 0 Å². The first kappa shape index (κ1) is 13.4. The Morgan fingerprint density at radius 2 is 1.79 bits per heavy atom. The third kappa shape index (κ3) is 3.29. The van der Waals surface area contributed by atoms with Crippen molar-refractivity contribution >= 4 is 5.91 Å². The van der Waals surface area contributed by atoms with Gasteiger partial charge in [-0.3, -0.25) is 4.79 Å². The molecule has 0 aromatic carbocycles. The van der Waals surface area contributed by atoms with Crippen LogP contribution in [0, 0.1) is 11.3 Å². The highest BCUT2D eigenvalue weighted by Gasteiger charge is 2.28. The normalized spacial score (nSPS) is 16.2. The van der Waals surface area contributed by atoms with Gasteiger partial charge in [-0.05, 0) is 12.3 Å². The van der Waals surface area contributed by atoms with Crippen molar-refractivity contribution in [1.82, 2.24) is 4.90 Å². The van der Waals surface area contributed by atoms with Crippen LogP contribution in [-0.4, -0.2) is 30.4 Å². The topological polar surface area (TPSA) is 46.3 Å². The van der Waals surface area contributed by atoms with Crippen LogP contribution in [0.1, 0.15) is 34.6 Å². The average Bonchev–Trinajstić information content (AvgIpc) is 2.11. The molecular weight excluding hydrogens is 176 g/mol. The molecule has 0 radical (unpaired) electrons. The summed E-state index contributed by atoms with van der Waals surface area (Å²) < 4.78 is 0. The van der Waals surface area contributed by atoms with E-state index >= 15 is 0 Å². The third-order valence-electron chi connectivity index (χ3n) is 2.96. The van der Waals surface area contributed by atoms with E-state index in [0.717, 1.165) is 0 Å². The Kier molecular flexibility index (Phi) is 4.59. The van der Waals surface area contributed by atoms with Gasteiger partial charge in [0.05, 0.1) is 0 Å². The number of carbonyl (C=O) groups is 1. The smallest absolute Gasteiger partial charge is 0.226 e. The minimum absolute atomic E-state index is 0.0789. The number of hydrogen-bond donors (Lipinski definition) is 1. The van der Waals surface area contributed by atoms with Crippen molar-refractivity contribution in [2.45, 2.75) is 40.7 Å². The minimum Gasteiger partial charge on any atom is -0.342 e. The number of carbonyl (C=O) groups excluding carboxylic acids is 1. The standard InChI is InChI=1S/C11H24N2O/c1-8(7-12)10(14)13(6)9(2)11(3,4)5/h8-9H,7,12H2,1-6H3. The van der Waals surface area contributed by atoms with Gasteiger partial charge in [-0.25, -0.2) is 0 Å². The van der Waals surface area contributed by atoms with E-state index in [1.807, 2.05) is 14.0 Å². The second-order valence-electron chi connectivity index (χ2n) is 5.13. The number of nitrogens with zero attached hydrogens (tertiary/aromatic N) is 1. The molecule has 2 atom stereocenters. The molecule has 2 unspecified atom stereocenters. The molecule has 0 aliphatic carbocycles.